The van der Waals surface area contributed by atoms with Crippen LogP contribution in [0, 0.1) is 0 Å². The Morgan fingerprint density at radius 3 is 2.61 bits per heavy atom. The molecule has 5 heteroatoms. The van der Waals surface area contributed by atoms with Crippen LogP contribution in [0.2, 0.25) is 0 Å². The lowest BCUT2D eigenvalue weighted by Gasteiger charge is -2.30. The second-order valence-corrected chi connectivity index (χ2v) is 5.59. The molecule has 0 saturated carbocycles. The highest BCUT2D eigenvalue weighted by atomic mass is 16.5. The van der Waals surface area contributed by atoms with E-state index >= 15 is 0 Å². The van der Waals surface area contributed by atoms with Crippen LogP contribution in [-0.2, 0) is 0 Å². The van der Waals surface area contributed by atoms with E-state index in [0.717, 1.165) is 21.5 Å². The first-order valence-electron chi connectivity index (χ1n) is 7.21. The molecule has 23 heavy (non-hydrogen) atoms. The van der Waals surface area contributed by atoms with E-state index in [1.807, 2.05) is 6.07 Å². The fourth-order valence-corrected chi connectivity index (χ4v) is 2.92. The van der Waals surface area contributed by atoms with Crippen molar-refractivity contribution in [2.75, 3.05) is 10.4 Å². The molecule has 1 aliphatic heterocycles. The molecule has 0 amide bonds. The Hall–Kier alpha value is -3.05. The van der Waals surface area contributed by atoms with Gasteiger partial charge in [0.2, 0.25) is 0 Å². The van der Waals surface area contributed by atoms with E-state index < -0.39 is 0 Å². The van der Waals surface area contributed by atoms with Gasteiger partial charge in [-0.15, -0.1) is 0 Å². The Balaban J connectivity index is 1.94. The van der Waals surface area contributed by atoms with Gasteiger partial charge in [0.25, 0.3) is 0 Å². The average Bonchev–Trinajstić information content (AvgIpc) is 2.54. The molecule has 4 rings (SSSR count). The molecule has 0 fully saturated rings. The lowest BCUT2D eigenvalue weighted by Crippen LogP contribution is -2.19. The lowest BCUT2D eigenvalue weighted by molar-refractivity contribution is 0.101. The maximum absolute atomic E-state index is 11.6. The van der Waals surface area contributed by atoms with Crippen molar-refractivity contribution >= 4 is 39.3 Å². The number of nitrogens with zero attached hydrogens (tertiary/aromatic N) is 1. The lowest BCUT2D eigenvalue weighted by atomic mass is 10.0. The van der Waals surface area contributed by atoms with E-state index in [1.165, 1.54) is 6.92 Å². The molecule has 0 saturated heterocycles. The summed E-state index contributed by atoms with van der Waals surface area (Å²) >= 11 is 0. The second kappa shape index (κ2) is 4.72. The number of benzene rings is 3. The highest BCUT2D eigenvalue weighted by Crippen LogP contribution is 2.46. The maximum Gasteiger partial charge on any atom is 0.159 e. The van der Waals surface area contributed by atoms with Gasteiger partial charge in [-0.1, -0.05) is 6.07 Å². The molecular formula is C18H14N2O3. The minimum Gasteiger partial charge on any atom is -0.508 e. The molecule has 3 N–H and O–H groups in total. The van der Waals surface area contributed by atoms with Gasteiger partial charge in [0.1, 0.15) is 5.75 Å². The van der Waals surface area contributed by atoms with Crippen LogP contribution in [0.1, 0.15) is 17.3 Å². The molecule has 3 aromatic rings. The first-order valence-corrected chi connectivity index (χ1v) is 7.21. The molecule has 5 nitrogen and oxygen atoms in total. The molecule has 114 valence electrons. The molecule has 0 aliphatic carbocycles. The monoisotopic (exact) mass is 306 g/mol. The van der Waals surface area contributed by atoms with Crippen LogP contribution in [0.15, 0.2) is 48.5 Å². The largest absolute Gasteiger partial charge is 0.508 e. The molecule has 0 aromatic heterocycles. The first kappa shape index (κ1) is 13.6. The summed E-state index contributed by atoms with van der Waals surface area (Å²) in [6.45, 7) is 1.51. The number of anilines is 4. The third-order valence-corrected chi connectivity index (χ3v) is 4.10. The highest BCUT2D eigenvalue weighted by Gasteiger charge is 2.23. The standard InChI is InChI=1S/C18H14N2O3/c1-10(21)11-2-6-16-15(9-11)19-18-14-5-4-13(22)8-12(14)3-7-17(18)20(16)23/h2-9,19,22-23H,1H3. The number of rotatable bonds is 1. The van der Waals surface area contributed by atoms with Crippen LogP contribution in [0.4, 0.5) is 22.7 Å². The maximum atomic E-state index is 11.6. The van der Waals surface area contributed by atoms with Crippen molar-refractivity contribution in [3.63, 3.8) is 0 Å². The zero-order chi connectivity index (χ0) is 16.1. The van der Waals surface area contributed by atoms with Crippen molar-refractivity contribution in [3.8, 4) is 5.75 Å². The van der Waals surface area contributed by atoms with Gasteiger partial charge in [-0.3, -0.25) is 10.0 Å². The van der Waals surface area contributed by atoms with E-state index in [9.17, 15) is 15.1 Å². The zero-order valence-electron chi connectivity index (χ0n) is 12.4. The minimum atomic E-state index is -0.0345. The number of phenolic OH excluding ortho intramolecular Hbond substituents is 1. The summed E-state index contributed by atoms with van der Waals surface area (Å²) in [5.74, 6) is 0.154. The van der Waals surface area contributed by atoms with E-state index in [0.29, 0.717) is 22.6 Å². The summed E-state index contributed by atoms with van der Waals surface area (Å²) in [7, 11) is 0. The molecule has 0 atom stereocenters. The van der Waals surface area contributed by atoms with E-state index in [4.69, 9.17) is 0 Å². The van der Waals surface area contributed by atoms with E-state index in [2.05, 4.69) is 5.32 Å². The van der Waals surface area contributed by atoms with Gasteiger partial charge in [-0.05, 0) is 54.8 Å². The highest BCUT2D eigenvalue weighted by molar-refractivity contribution is 6.07. The Bertz CT molecular complexity index is 966. The van der Waals surface area contributed by atoms with Gasteiger partial charge in [-0.2, -0.15) is 0 Å². The Kier molecular flexibility index (Phi) is 2.79. The number of ketones is 1. The van der Waals surface area contributed by atoms with Crippen molar-refractivity contribution in [2.24, 2.45) is 0 Å². The summed E-state index contributed by atoms with van der Waals surface area (Å²) in [6.07, 6.45) is 0. The van der Waals surface area contributed by atoms with Crippen LogP contribution in [0.25, 0.3) is 10.8 Å². The van der Waals surface area contributed by atoms with Crippen molar-refractivity contribution in [2.45, 2.75) is 6.92 Å². The zero-order valence-corrected chi connectivity index (χ0v) is 12.4. The summed E-state index contributed by atoms with van der Waals surface area (Å²) in [5, 5.41) is 26.3. The summed E-state index contributed by atoms with van der Waals surface area (Å²) in [5.41, 5.74) is 3.17. The van der Waals surface area contributed by atoms with Crippen LogP contribution in [-0.4, -0.2) is 16.1 Å². The molecule has 0 unspecified atom stereocenters. The van der Waals surface area contributed by atoms with Crippen LogP contribution in [0.3, 0.4) is 0 Å². The van der Waals surface area contributed by atoms with E-state index in [-0.39, 0.29) is 11.5 Å². The number of fused-ring (bicyclic) bond motifs is 4. The van der Waals surface area contributed by atoms with Crippen LogP contribution < -0.4 is 10.4 Å². The molecule has 3 aromatic carbocycles. The molecule has 0 spiro atoms. The molecular weight excluding hydrogens is 292 g/mol. The fourth-order valence-electron chi connectivity index (χ4n) is 2.92. The molecule has 1 heterocycles. The van der Waals surface area contributed by atoms with Gasteiger partial charge in [0, 0.05) is 10.9 Å². The second-order valence-electron chi connectivity index (χ2n) is 5.59. The normalized spacial score (nSPS) is 12.5. The number of carbonyl (C=O) groups excluding carboxylic acids is 1. The number of Topliss-reactive ketones (excluding diaryl/α,β-unsaturated/α-hetero) is 1. The van der Waals surface area contributed by atoms with Crippen molar-refractivity contribution in [1.82, 2.24) is 0 Å². The average molecular weight is 306 g/mol. The number of aromatic hydroxyl groups is 1. The number of carbonyl (C=O) groups is 1. The van der Waals surface area contributed by atoms with Crippen molar-refractivity contribution < 1.29 is 15.1 Å². The molecule has 0 bridgehead atoms. The Morgan fingerprint density at radius 2 is 1.83 bits per heavy atom. The topological polar surface area (TPSA) is 72.8 Å². The van der Waals surface area contributed by atoms with Crippen LogP contribution in [0.5, 0.6) is 5.75 Å². The van der Waals surface area contributed by atoms with Gasteiger partial charge in [-0.25, -0.2) is 5.06 Å². The summed E-state index contributed by atoms with van der Waals surface area (Å²) in [4.78, 5) is 11.6. The fraction of sp³-hybridized carbons (Fsp3) is 0.0556. The number of hydrogen-bond acceptors (Lipinski definition) is 5. The van der Waals surface area contributed by atoms with Gasteiger partial charge < -0.3 is 10.4 Å². The van der Waals surface area contributed by atoms with Crippen molar-refractivity contribution in [1.29, 1.82) is 0 Å². The number of phenols is 1. The van der Waals surface area contributed by atoms with Gasteiger partial charge in [0.05, 0.1) is 22.7 Å². The van der Waals surface area contributed by atoms with Gasteiger partial charge in [0.15, 0.2) is 5.78 Å². The first-order chi connectivity index (χ1) is 11.0. The minimum absolute atomic E-state index is 0.0345. The Morgan fingerprint density at radius 1 is 1.04 bits per heavy atom. The van der Waals surface area contributed by atoms with E-state index in [1.54, 1.807) is 42.5 Å². The number of nitrogens with one attached hydrogen (secondary N) is 1. The Labute approximate surface area is 132 Å². The molecule has 0 radical (unpaired) electrons. The van der Waals surface area contributed by atoms with Gasteiger partial charge >= 0.3 is 0 Å². The third kappa shape index (κ3) is 2.02. The molecule has 1 aliphatic rings. The summed E-state index contributed by atoms with van der Waals surface area (Å²) < 4.78 is 0. The number of hydrogen-bond donors (Lipinski definition) is 3. The third-order valence-electron chi connectivity index (χ3n) is 4.10. The summed E-state index contributed by atoms with van der Waals surface area (Å²) in [6, 6.07) is 13.8. The predicted molar refractivity (Wildman–Crippen MR) is 89.3 cm³/mol. The van der Waals surface area contributed by atoms with Crippen LogP contribution >= 0.6 is 0 Å². The van der Waals surface area contributed by atoms with Crippen molar-refractivity contribution in [3.05, 3.63) is 54.1 Å². The quantitative estimate of drug-likeness (QED) is 0.583. The predicted octanol–water partition coefficient (Wildman–Crippen LogP) is 4.33. The smallest absolute Gasteiger partial charge is 0.159 e. The SMILES string of the molecule is CC(=O)c1ccc2c(c1)Nc1c(ccc3cc(O)ccc13)N2O.